The highest BCUT2D eigenvalue weighted by atomic mass is 32.1. The van der Waals surface area contributed by atoms with Crippen molar-refractivity contribution in [3.63, 3.8) is 0 Å². The molecule has 0 aromatic carbocycles. The van der Waals surface area contributed by atoms with Gasteiger partial charge in [0.25, 0.3) is 0 Å². The van der Waals surface area contributed by atoms with Crippen LogP contribution in [0, 0.1) is 17.8 Å². The van der Waals surface area contributed by atoms with E-state index in [4.69, 9.17) is 18.0 Å². The summed E-state index contributed by atoms with van der Waals surface area (Å²) in [4.78, 5) is 7.11. The van der Waals surface area contributed by atoms with E-state index in [2.05, 4.69) is 23.0 Å². The van der Waals surface area contributed by atoms with Gasteiger partial charge in [0.05, 0.1) is 0 Å². The van der Waals surface area contributed by atoms with Gasteiger partial charge >= 0.3 is 0 Å². The molecule has 0 radical (unpaired) electrons. The molecular formula is C16H23N3S. The zero-order valence-electron chi connectivity index (χ0n) is 12.1. The van der Waals surface area contributed by atoms with Gasteiger partial charge in [0.15, 0.2) is 0 Å². The van der Waals surface area contributed by atoms with Crippen LogP contribution in [-0.4, -0.2) is 28.5 Å². The molecule has 0 aliphatic heterocycles. The van der Waals surface area contributed by atoms with Crippen LogP contribution >= 0.6 is 12.2 Å². The Morgan fingerprint density at radius 1 is 1.45 bits per heavy atom. The second-order valence-electron chi connectivity index (χ2n) is 6.51. The fourth-order valence-electron chi connectivity index (χ4n) is 4.14. The molecule has 0 amide bonds. The molecular weight excluding hydrogens is 266 g/mol. The largest absolute Gasteiger partial charge is 0.388 e. The Balaban J connectivity index is 1.61. The molecule has 3 unspecified atom stereocenters. The number of nitrogens with zero attached hydrogens (tertiary/aromatic N) is 2. The van der Waals surface area contributed by atoms with Crippen molar-refractivity contribution < 1.29 is 0 Å². The first-order valence-corrected chi connectivity index (χ1v) is 7.96. The van der Waals surface area contributed by atoms with E-state index in [0.29, 0.717) is 4.99 Å². The number of hydrogen-bond donors (Lipinski definition) is 1. The summed E-state index contributed by atoms with van der Waals surface area (Å²) < 4.78 is 0. The minimum absolute atomic E-state index is 0.397. The van der Waals surface area contributed by atoms with Gasteiger partial charge in [-0.15, -0.1) is 0 Å². The van der Waals surface area contributed by atoms with Gasteiger partial charge in [0.2, 0.25) is 0 Å². The maximum Gasteiger partial charge on any atom is 0.123 e. The van der Waals surface area contributed by atoms with E-state index in [0.717, 1.165) is 35.6 Å². The number of rotatable bonds is 5. The van der Waals surface area contributed by atoms with Crippen LogP contribution in [0.4, 0.5) is 0 Å². The summed E-state index contributed by atoms with van der Waals surface area (Å²) >= 11 is 5.09. The lowest BCUT2D eigenvalue weighted by Crippen LogP contribution is -2.29. The second kappa shape index (κ2) is 5.78. The van der Waals surface area contributed by atoms with Gasteiger partial charge in [-0.25, -0.2) is 0 Å². The van der Waals surface area contributed by atoms with E-state index in [-0.39, 0.29) is 0 Å². The Morgan fingerprint density at radius 3 is 2.95 bits per heavy atom. The third kappa shape index (κ3) is 2.86. The van der Waals surface area contributed by atoms with Gasteiger partial charge in [-0.2, -0.15) is 0 Å². The lowest BCUT2D eigenvalue weighted by Gasteiger charge is -2.27. The van der Waals surface area contributed by atoms with Crippen molar-refractivity contribution in [1.82, 2.24) is 9.88 Å². The third-order valence-electron chi connectivity index (χ3n) is 5.00. The summed E-state index contributed by atoms with van der Waals surface area (Å²) in [6.07, 6.45) is 7.59. The zero-order valence-corrected chi connectivity index (χ0v) is 12.9. The number of thiocarbonyl (C=S) groups is 1. The fourth-order valence-corrected chi connectivity index (χ4v) is 4.33. The predicted molar refractivity (Wildman–Crippen MR) is 85.4 cm³/mol. The highest BCUT2D eigenvalue weighted by Gasteiger charge is 2.39. The molecule has 1 aromatic heterocycles. The molecule has 20 heavy (non-hydrogen) atoms. The van der Waals surface area contributed by atoms with Gasteiger partial charge in [-0.3, -0.25) is 4.98 Å². The molecule has 3 atom stereocenters. The molecule has 2 fully saturated rings. The van der Waals surface area contributed by atoms with E-state index in [1.54, 1.807) is 6.20 Å². The second-order valence-corrected chi connectivity index (χ2v) is 6.95. The number of nitrogens with two attached hydrogens (primary N) is 1. The highest BCUT2D eigenvalue weighted by Crippen LogP contribution is 2.48. The summed E-state index contributed by atoms with van der Waals surface area (Å²) in [5.74, 6) is 2.89. The van der Waals surface area contributed by atoms with E-state index in [9.17, 15) is 0 Å². The topological polar surface area (TPSA) is 42.2 Å². The number of aromatic nitrogens is 1. The standard InChI is InChI=1S/C16H23N3S/c1-19(10-14-8-11-4-5-12(14)7-11)9-13-3-2-6-18-15(13)16(17)20/h2-3,6,11-12,14H,4-5,7-10H2,1H3,(H2,17,20). The van der Waals surface area contributed by atoms with Crippen molar-refractivity contribution in [1.29, 1.82) is 0 Å². The first kappa shape index (κ1) is 14.0. The SMILES string of the molecule is CN(Cc1cccnc1C(N)=S)CC1CC2CCC1C2. The zero-order chi connectivity index (χ0) is 14.1. The number of fused-ring (bicyclic) bond motifs is 2. The smallest absolute Gasteiger partial charge is 0.123 e. The summed E-state index contributed by atoms with van der Waals surface area (Å²) in [5.41, 5.74) is 7.68. The quantitative estimate of drug-likeness (QED) is 0.846. The highest BCUT2D eigenvalue weighted by molar-refractivity contribution is 7.80. The summed E-state index contributed by atoms with van der Waals surface area (Å²) in [5, 5.41) is 0. The maximum atomic E-state index is 5.75. The average Bonchev–Trinajstić information content (AvgIpc) is 3.01. The van der Waals surface area contributed by atoms with Crippen LogP contribution in [0.5, 0.6) is 0 Å². The van der Waals surface area contributed by atoms with Crippen LogP contribution in [0.3, 0.4) is 0 Å². The van der Waals surface area contributed by atoms with Crippen LogP contribution in [0.25, 0.3) is 0 Å². The van der Waals surface area contributed by atoms with Gasteiger partial charge in [-0.1, -0.05) is 24.7 Å². The van der Waals surface area contributed by atoms with E-state index in [1.807, 2.05) is 6.07 Å². The Labute approximate surface area is 126 Å². The van der Waals surface area contributed by atoms with Crippen molar-refractivity contribution in [3.05, 3.63) is 29.6 Å². The third-order valence-corrected chi connectivity index (χ3v) is 5.19. The average molecular weight is 289 g/mol. The van der Waals surface area contributed by atoms with Crippen LogP contribution in [0.15, 0.2) is 18.3 Å². The molecule has 1 heterocycles. The Bertz CT molecular complexity index is 502. The maximum absolute atomic E-state index is 5.75. The van der Waals surface area contributed by atoms with Crippen molar-refractivity contribution in [2.24, 2.45) is 23.5 Å². The minimum Gasteiger partial charge on any atom is -0.388 e. The first-order valence-electron chi connectivity index (χ1n) is 7.55. The number of hydrogen-bond acceptors (Lipinski definition) is 3. The fraction of sp³-hybridized carbons (Fsp3) is 0.625. The molecule has 2 aliphatic carbocycles. The summed E-state index contributed by atoms with van der Waals surface area (Å²) in [6, 6.07) is 4.04. The molecule has 0 saturated heterocycles. The Morgan fingerprint density at radius 2 is 2.30 bits per heavy atom. The molecule has 108 valence electrons. The molecule has 2 aliphatic rings. The van der Waals surface area contributed by atoms with Crippen LogP contribution in [0.1, 0.15) is 36.9 Å². The molecule has 2 N–H and O–H groups in total. The minimum atomic E-state index is 0.397. The van der Waals surface area contributed by atoms with Crippen LogP contribution in [-0.2, 0) is 6.54 Å². The molecule has 3 nitrogen and oxygen atoms in total. The molecule has 2 saturated carbocycles. The van der Waals surface area contributed by atoms with Crippen molar-refractivity contribution in [2.45, 2.75) is 32.2 Å². The van der Waals surface area contributed by atoms with E-state index < -0.39 is 0 Å². The van der Waals surface area contributed by atoms with Crippen molar-refractivity contribution in [2.75, 3.05) is 13.6 Å². The summed E-state index contributed by atoms with van der Waals surface area (Å²) in [7, 11) is 2.20. The molecule has 1 aromatic rings. The monoisotopic (exact) mass is 289 g/mol. The van der Waals surface area contributed by atoms with Crippen molar-refractivity contribution >= 4 is 17.2 Å². The summed E-state index contributed by atoms with van der Waals surface area (Å²) in [6.45, 7) is 2.07. The van der Waals surface area contributed by atoms with Crippen molar-refractivity contribution in [3.8, 4) is 0 Å². The molecule has 0 spiro atoms. The molecule has 2 bridgehead atoms. The predicted octanol–water partition coefficient (Wildman–Crippen LogP) is 2.58. The van der Waals surface area contributed by atoms with Gasteiger partial charge < -0.3 is 10.6 Å². The number of pyridine rings is 1. The van der Waals surface area contributed by atoms with Gasteiger partial charge in [-0.05, 0) is 55.7 Å². The molecule has 4 heteroatoms. The Kier molecular flexibility index (Phi) is 4.03. The Hall–Kier alpha value is -1.00. The van der Waals surface area contributed by atoms with Crippen LogP contribution in [0.2, 0.25) is 0 Å². The van der Waals surface area contributed by atoms with Gasteiger partial charge in [0.1, 0.15) is 10.7 Å². The lowest BCUT2D eigenvalue weighted by atomic mass is 9.88. The van der Waals surface area contributed by atoms with Crippen LogP contribution < -0.4 is 5.73 Å². The van der Waals surface area contributed by atoms with E-state index in [1.165, 1.54) is 32.2 Å². The van der Waals surface area contributed by atoms with Gasteiger partial charge in [0, 0.05) is 19.3 Å². The normalized spacial score (nSPS) is 28.2. The first-order chi connectivity index (χ1) is 9.63. The molecule has 3 rings (SSSR count). The lowest BCUT2D eigenvalue weighted by molar-refractivity contribution is 0.214. The van der Waals surface area contributed by atoms with E-state index >= 15 is 0 Å².